The molecule has 0 unspecified atom stereocenters. The minimum atomic E-state index is 0.719. The predicted molar refractivity (Wildman–Crippen MR) is 81.3 cm³/mol. The number of hydrogen-bond acceptors (Lipinski definition) is 1. The summed E-state index contributed by atoms with van der Waals surface area (Å²) >= 11 is 0. The molecule has 1 aromatic carbocycles. The van der Waals surface area contributed by atoms with Crippen LogP contribution in [0.15, 0.2) is 36.4 Å². The zero-order valence-corrected chi connectivity index (χ0v) is 12.3. The lowest BCUT2D eigenvalue weighted by atomic mass is 9.77. The number of methoxy groups -OCH3 is 1. The Labute approximate surface area is 117 Å². The van der Waals surface area contributed by atoms with E-state index in [0.29, 0.717) is 0 Å². The van der Waals surface area contributed by atoms with Gasteiger partial charge in [0.25, 0.3) is 0 Å². The van der Waals surface area contributed by atoms with E-state index in [2.05, 4.69) is 43.3 Å². The van der Waals surface area contributed by atoms with Crippen LogP contribution in [0.4, 0.5) is 0 Å². The predicted octanol–water partition coefficient (Wildman–Crippen LogP) is 5.07. The molecule has 19 heavy (non-hydrogen) atoms. The second-order valence-corrected chi connectivity index (χ2v) is 5.70. The zero-order valence-electron chi connectivity index (χ0n) is 12.3. The summed E-state index contributed by atoms with van der Waals surface area (Å²) < 4.78 is 5.16. The van der Waals surface area contributed by atoms with Crippen molar-refractivity contribution in [2.24, 2.45) is 5.92 Å². The first-order valence-corrected chi connectivity index (χ1v) is 7.52. The third kappa shape index (κ3) is 4.21. The molecule has 0 bridgehead atoms. The van der Waals surface area contributed by atoms with Crippen LogP contribution in [0, 0.1) is 5.92 Å². The average Bonchev–Trinajstić information content (AvgIpc) is 2.47. The van der Waals surface area contributed by atoms with E-state index >= 15 is 0 Å². The molecule has 1 aliphatic carbocycles. The summed E-state index contributed by atoms with van der Waals surface area (Å²) in [6.45, 7) is 2.84. The van der Waals surface area contributed by atoms with E-state index in [0.717, 1.165) is 18.4 Å². The van der Waals surface area contributed by atoms with E-state index in [4.69, 9.17) is 4.74 Å². The third-order valence-electron chi connectivity index (χ3n) is 4.31. The molecule has 2 rings (SSSR count). The Balaban J connectivity index is 1.86. The van der Waals surface area contributed by atoms with Crippen molar-refractivity contribution >= 4 is 0 Å². The second-order valence-electron chi connectivity index (χ2n) is 5.70. The quantitative estimate of drug-likeness (QED) is 0.670. The van der Waals surface area contributed by atoms with Crippen molar-refractivity contribution in [3.8, 4) is 0 Å². The summed E-state index contributed by atoms with van der Waals surface area (Å²) in [7, 11) is 1.75. The topological polar surface area (TPSA) is 9.23 Å². The highest BCUT2D eigenvalue weighted by Gasteiger charge is 2.21. The molecule has 0 aliphatic heterocycles. The Bertz CT molecular complexity index is 383. The van der Waals surface area contributed by atoms with Crippen molar-refractivity contribution in [2.75, 3.05) is 7.11 Å². The summed E-state index contributed by atoms with van der Waals surface area (Å²) in [5.74, 6) is 1.69. The van der Waals surface area contributed by atoms with Crippen molar-refractivity contribution in [2.45, 2.75) is 51.6 Å². The number of allylic oxidation sites excluding steroid dienone is 2. The van der Waals surface area contributed by atoms with E-state index in [9.17, 15) is 0 Å². The first kappa shape index (κ1) is 14.3. The van der Waals surface area contributed by atoms with Gasteiger partial charge in [-0.25, -0.2) is 0 Å². The van der Waals surface area contributed by atoms with Crippen LogP contribution in [0.1, 0.15) is 56.1 Å². The summed E-state index contributed by atoms with van der Waals surface area (Å²) in [6.07, 6.45) is 11.3. The van der Waals surface area contributed by atoms with E-state index in [1.807, 2.05) is 0 Å². The maximum atomic E-state index is 5.16. The maximum absolute atomic E-state index is 5.16. The molecule has 0 spiro atoms. The van der Waals surface area contributed by atoms with Gasteiger partial charge >= 0.3 is 0 Å². The van der Waals surface area contributed by atoms with Gasteiger partial charge in [0.05, 0.1) is 6.61 Å². The van der Waals surface area contributed by atoms with Gasteiger partial charge in [-0.1, -0.05) is 36.4 Å². The van der Waals surface area contributed by atoms with Crippen LogP contribution < -0.4 is 0 Å². The summed E-state index contributed by atoms with van der Waals surface area (Å²) in [5.41, 5.74) is 2.79. The highest BCUT2D eigenvalue weighted by molar-refractivity contribution is 5.25. The molecule has 0 radical (unpaired) electrons. The van der Waals surface area contributed by atoms with E-state index in [-0.39, 0.29) is 0 Å². The average molecular weight is 258 g/mol. The Kier molecular flexibility index (Phi) is 5.65. The van der Waals surface area contributed by atoms with Crippen LogP contribution in [0.5, 0.6) is 0 Å². The van der Waals surface area contributed by atoms with E-state index in [1.54, 1.807) is 7.11 Å². The summed E-state index contributed by atoms with van der Waals surface area (Å²) in [6, 6.07) is 9.02. The van der Waals surface area contributed by atoms with Crippen molar-refractivity contribution in [3.63, 3.8) is 0 Å². The number of hydrogen-bond donors (Lipinski definition) is 0. The molecule has 0 amide bonds. The van der Waals surface area contributed by atoms with Crippen LogP contribution in [0.25, 0.3) is 0 Å². The lowest BCUT2D eigenvalue weighted by Crippen LogP contribution is -2.12. The molecule has 104 valence electrons. The fourth-order valence-electron chi connectivity index (χ4n) is 3.11. The van der Waals surface area contributed by atoms with Gasteiger partial charge in [-0.05, 0) is 62.0 Å². The number of benzene rings is 1. The fraction of sp³-hybridized carbons (Fsp3) is 0.556. The van der Waals surface area contributed by atoms with Gasteiger partial charge in [-0.15, -0.1) is 0 Å². The first-order chi connectivity index (χ1) is 9.33. The molecule has 0 atom stereocenters. The minimum absolute atomic E-state index is 0.719. The van der Waals surface area contributed by atoms with Crippen LogP contribution in [0.2, 0.25) is 0 Å². The van der Waals surface area contributed by atoms with Gasteiger partial charge in [0.2, 0.25) is 0 Å². The molecular weight excluding hydrogens is 232 g/mol. The highest BCUT2D eigenvalue weighted by atomic mass is 16.5. The first-order valence-electron chi connectivity index (χ1n) is 7.52. The standard InChI is InChI=1S/C18H26O/c1-3-4-5-15-6-10-17(11-7-15)18-12-8-16(9-13-18)14-19-2/h3-4,8-9,12-13,15,17H,5-7,10-11,14H2,1-2H3. The SMILES string of the molecule is CC=CCC1CCC(c2ccc(COC)cc2)CC1. The molecule has 0 aromatic heterocycles. The molecule has 1 fully saturated rings. The third-order valence-corrected chi connectivity index (χ3v) is 4.31. The summed E-state index contributed by atoms with van der Waals surface area (Å²) in [4.78, 5) is 0. The lowest BCUT2D eigenvalue weighted by molar-refractivity contribution is 0.185. The van der Waals surface area contributed by atoms with Crippen molar-refractivity contribution in [3.05, 3.63) is 47.5 Å². The molecule has 1 heteroatoms. The largest absolute Gasteiger partial charge is 0.380 e. The van der Waals surface area contributed by atoms with Crippen LogP contribution in [-0.2, 0) is 11.3 Å². The molecule has 0 heterocycles. The van der Waals surface area contributed by atoms with E-state index < -0.39 is 0 Å². The van der Waals surface area contributed by atoms with E-state index in [1.165, 1.54) is 43.2 Å². The minimum Gasteiger partial charge on any atom is -0.380 e. The van der Waals surface area contributed by atoms with Crippen LogP contribution in [-0.4, -0.2) is 7.11 Å². The summed E-state index contributed by atoms with van der Waals surface area (Å²) in [5, 5.41) is 0. The normalized spacial score (nSPS) is 23.9. The Morgan fingerprint density at radius 2 is 1.79 bits per heavy atom. The Hall–Kier alpha value is -1.08. The maximum Gasteiger partial charge on any atom is 0.0713 e. The smallest absolute Gasteiger partial charge is 0.0713 e. The molecule has 0 N–H and O–H groups in total. The molecular formula is C18H26O. The van der Waals surface area contributed by atoms with Gasteiger partial charge in [-0.2, -0.15) is 0 Å². The van der Waals surface area contributed by atoms with Gasteiger partial charge in [-0.3, -0.25) is 0 Å². The monoisotopic (exact) mass is 258 g/mol. The zero-order chi connectivity index (χ0) is 13.5. The second kappa shape index (κ2) is 7.49. The molecule has 1 saturated carbocycles. The van der Waals surface area contributed by atoms with Crippen LogP contribution >= 0.6 is 0 Å². The van der Waals surface area contributed by atoms with Gasteiger partial charge in [0.15, 0.2) is 0 Å². The van der Waals surface area contributed by atoms with Crippen LogP contribution in [0.3, 0.4) is 0 Å². The molecule has 0 saturated heterocycles. The van der Waals surface area contributed by atoms with Crippen molar-refractivity contribution in [1.82, 2.24) is 0 Å². The van der Waals surface area contributed by atoms with Gasteiger partial charge in [0.1, 0.15) is 0 Å². The van der Waals surface area contributed by atoms with Crippen molar-refractivity contribution < 1.29 is 4.74 Å². The Morgan fingerprint density at radius 1 is 1.11 bits per heavy atom. The van der Waals surface area contributed by atoms with Gasteiger partial charge < -0.3 is 4.74 Å². The number of rotatable bonds is 5. The molecule has 1 nitrogen and oxygen atoms in total. The van der Waals surface area contributed by atoms with Gasteiger partial charge in [0, 0.05) is 7.11 Å². The Morgan fingerprint density at radius 3 is 2.37 bits per heavy atom. The molecule has 1 aromatic rings. The van der Waals surface area contributed by atoms with Crippen molar-refractivity contribution in [1.29, 1.82) is 0 Å². The highest BCUT2D eigenvalue weighted by Crippen LogP contribution is 2.37. The number of ether oxygens (including phenoxy) is 1. The molecule has 1 aliphatic rings. The lowest BCUT2D eigenvalue weighted by Gasteiger charge is -2.28. The fourth-order valence-corrected chi connectivity index (χ4v) is 3.11.